The van der Waals surface area contributed by atoms with E-state index < -0.39 is 17.7 Å². The lowest BCUT2D eigenvalue weighted by Crippen LogP contribution is -2.58. The molecule has 1 amide bonds. The zero-order chi connectivity index (χ0) is 21.4. The average molecular weight is 416 g/mol. The summed E-state index contributed by atoms with van der Waals surface area (Å²) in [5.41, 5.74) is -3.71. The molecule has 1 aromatic rings. The van der Waals surface area contributed by atoms with E-state index in [0.717, 1.165) is 29.4 Å². The van der Waals surface area contributed by atoms with Crippen molar-refractivity contribution in [3.8, 4) is 0 Å². The van der Waals surface area contributed by atoms with Crippen molar-refractivity contribution in [2.24, 2.45) is 5.92 Å². The summed E-state index contributed by atoms with van der Waals surface area (Å²) >= 11 is 0. The van der Waals surface area contributed by atoms with E-state index in [1.165, 1.54) is 19.3 Å². The minimum absolute atomic E-state index is 0.136. The van der Waals surface area contributed by atoms with Gasteiger partial charge in [0.25, 0.3) is 5.91 Å². The molecule has 1 aliphatic heterocycles. The van der Waals surface area contributed by atoms with Crippen molar-refractivity contribution in [1.29, 1.82) is 0 Å². The summed E-state index contributed by atoms with van der Waals surface area (Å²) in [6.07, 6.45) is 2.01. The molecule has 2 N–H and O–H groups in total. The number of aliphatic hydroxyl groups is 1. The number of amides is 1. The summed E-state index contributed by atoms with van der Waals surface area (Å²) in [4.78, 5) is 18.1. The Morgan fingerprint density at radius 3 is 2.21 bits per heavy atom. The Morgan fingerprint density at radius 2 is 1.66 bits per heavy atom. The highest BCUT2D eigenvalue weighted by Gasteiger charge is 2.57. The lowest BCUT2D eigenvalue weighted by molar-refractivity contribution is -0.250. The number of carbonyl (C=O) groups excluding carboxylic acids is 1. The molecule has 1 aromatic heterocycles. The molecule has 1 atom stereocenters. The third-order valence-electron chi connectivity index (χ3n) is 6.84. The molecule has 1 saturated carbocycles. The van der Waals surface area contributed by atoms with Crippen LogP contribution in [0.15, 0.2) is 0 Å². The van der Waals surface area contributed by atoms with Gasteiger partial charge in [0, 0.05) is 24.4 Å². The van der Waals surface area contributed by atoms with E-state index in [1.807, 2.05) is 0 Å². The Balaban J connectivity index is 1.64. The number of carbonyl (C=O) groups is 1. The normalized spacial score (nSPS) is 22.5. The van der Waals surface area contributed by atoms with Crippen LogP contribution in [-0.4, -0.2) is 56.0 Å². The molecular formula is C20H31F3N4O2. The Kier molecular flexibility index (Phi) is 6.00. The first kappa shape index (κ1) is 22.1. The Bertz CT molecular complexity index is 716. The predicted octanol–water partition coefficient (Wildman–Crippen LogP) is 3.68. The van der Waals surface area contributed by atoms with Gasteiger partial charge in [-0.05, 0) is 38.5 Å². The van der Waals surface area contributed by atoms with Crippen LogP contribution in [0.4, 0.5) is 13.2 Å². The second-order valence-electron chi connectivity index (χ2n) is 9.24. The van der Waals surface area contributed by atoms with Gasteiger partial charge in [0.05, 0.1) is 0 Å². The van der Waals surface area contributed by atoms with Crippen LogP contribution in [-0.2, 0) is 10.2 Å². The van der Waals surface area contributed by atoms with Gasteiger partial charge >= 0.3 is 6.18 Å². The van der Waals surface area contributed by atoms with Crippen LogP contribution in [0.2, 0.25) is 0 Å². The maximum absolute atomic E-state index is 13.0. The highest BCUT2D eigenvalue weighted by Crippen LogP contribution is 2.39. The van der Waals surface area contributed by atoms with Crippen molar-refractivity contribution in [3.63, 3.8) is 0 Å². The van der Waals surface area contributed by atoms with Crippen LogP contribution in [0.25, 0.3) is 0 Å². The van der Waals surface area contributed by atoms with Crippen LogP contribution in [0.5, 0.6) is 0 Å². The minimum Gasteiger partial charge on any atom is -0.373 e. The number of halogens is 3. The van der Waals surface area contributed by atoms with Gasteiger partial charge < -0.3 is 10.0 Å². The number of alkyl halides is 3. The van der Waals surface area contributed by atoms with Crippen molar-refractivity contribution in [3.05, 3.63) is 11.6 Å². The molecule has 0 radical (unpaired) electrons. The number of rotatable bonds is 4. The summed E-state index contributed by atoms with van der Waals surface area (Å²) in [7, 11) is 0. The van der Waals surface area contributed by atoms with Crippen molar-refractivity contribution in [2.45, 2.75) is 88.8 Å². The van der Waals surface area contributed by atoms with Crippen LogP contribution >= 0.6 is 0 Å². The topological polar surface area (TPSA) is 82.1 Å². The standard InChI is InChI=1S/C20H31F3N4O2/c1-18(2,16-24-15(25-26-16)13-7-5-4-6-8-13)14-9-11-27(12-10-14)17(28)19(3,29)20(21,22)23/h13-14,29H,4-12H2,1-3H3,(H,24,25,26). The van der Waals surface area contributed by atoms with E-state index in [9.17, 15) is 23.1 Å². The smallest absolute Gasteiger partial charge is 0.373 e. The molecule has 1 saturated heterocycles. The molecule has 0 aromatic carbocycles. The second kappa shape index (κ2) is 7.89. The van der Waals surface area contributed by atoms with Gasteiger partial charge in [-0.3, -0.25) is 9.89 Å². The molecule has 1 aliphatic carbocycles. The second-order valence-corrected chi connectivity index (χ2v) is 9.24. The van der Waals surface area contributed by atoms with Crippen molar-refractivity contribution in [1.82, 2.24) is 20.1 Å². The molecule has 2 heterocycles. The molecule has 2 fully saturated rings. The third-order valence-corrected chi connectivity index (χ3v) is 6.84. The fourth-order valence-electron chi connectivity index (χ4n) is 4.54. The Labute approximate surface area is 169 Å². The SMILES string of the molecule is CC(C)(c1n[nH]c(C2CCCCC2)n1)C1CCN(C(=O)C(C)(O)C(F)(F)F)CC1. The number of aromatic nitrogens is 3. The minimum atomic E-state index is -4.99. The zero-order valence-corrected chi connectivity index (χ0v) is 17.3. The lowest BCUT2D eigenvalue weighted by atomic mass is 9.73. The lowest BCUT2D eigenvalue weighted by Gasteiger charge is -2.41. The fraction of sp³-hybridized carbons (Fsp3) is 0.850. The van der Waals surface area contributed by atoms with Gasteiger partial charge in [-0.15, -0.1) is 0 Å². The molecule has 164 valence electrons. The number of aromatic amines is 1. The van der Waals surface area contributed by atoms with E-state index in [-0.39, 0.29) is 24.4 Å². The van der Waals surface area contributed by atoms with E-state index in [4.69, 9.17) is 4.98 Å². The van der Waals surface area contributed by atoms with E-state index in [0.29, 0.717) is 25.7 Å². The largest absolute Gasteiger partial charge is 0.426 e. The van der Waals surface area contributed by atoms with Gasteiger partial charge in [-0.25, -0.2) is 4.98 Å². The molecule has 9 heteroatoms. The van der Waals surface area contributed by atoms with Crippen LogP contribution in [0.1, 0.15) is 83.3 Å². The van der Waals surface area contributed by atoms with Gasteiger partial charge in [0.2, 0.25) is 5.60 Å². The van der Waals surface area contributed by atoms with Crippen molar-refractivity contribution < 1.29 is 23.1 Å². The summed E-state index contributed by atoms with van der Waals surface area (Å²) < 4.78 is 38.9. The number of likely N-dealkylation sites (tertiary alicyclic amines) is 1. The first-order valence-corrected chi connectivity index (χ1v) is 10.5. The monoisotopic (exact) mass is 416 g/mol. The molecule has 1 unspecified atom stereocenters. The average Bonchev–Trinajstić information content (AvgIpc) is 3.18. The zero-order valence-electron chi connectivity index (χ0n) is 17.3. The number of hydrogen-bond donors (Lipinski definition) is 2. The summed E-state index contributed by atoms with van der Waals surface area (Å²) in [6, 6.07) is 0. The molecule has 29 heavy (non-hydrogen) atoms. The van der Waals surface area contributed by atoms with Gasteiger partial charge in [-0.2, -0.15) is 18.3 Å². The molecule has 0 bridgehead atoms. The number of nitrogens with one attached hydrogen (secondary N) is 1. The van der Waals surface area contributed by atoms with Crippen LogP contribution < -0.4 is 0 Å². The number of nitrogens with zero attached hydrogens (tertiary/aromatic N) is 3. The van der Waals surface area contributed by atoms with Crippen molar-refractivity contribution in [2.75, 3.05) is 13.1 Å². The number of hydrogen-bond acceptors (Lipinski definition) is 4. The Hall–Kier alpha value is -1.64. The molecule has 6 nitrogen and oxygen atoms in total. The van der Waals surface area contributed by atoms with Crippen LogP contribution in [0, 0.1) is 5.92 Å². The highest BCUT2D eigenvalue weighted by molar-refractivity contribution is 5.85. The number of H-pyrrole nitrogens is 1. The Morgan fingerprint density at radius 1 is 1.07 bits per heavy atom. The molecule has 2 aliphatic rings. The van der Waals surface area contributed by atoms with E-state index in [1.54, 1.807) is 0 Å². The quantitative estimate of drug-likeness (QED) is 0.785. The maximum Gasteiger partial charge on any atom is 0.426 e. The first-order chi connectivity index (χ1) is 13.4. The van der Waals surface area contributed by atoms with Gasteiger partial charge in [0.1, 0.15) is 5.82 Å². The molecule has 3 rings (SSSR count). The van der Waals surface area contributed by atoms with E-state index in [2.05, 4.69) is 24.0 Å². The van der Waals surface area contributed by atoms with Crippen molar-refractivity contribution >= 4 is 5.91 Å². The molecular weight excluding hydrogens is 385 g/mol. The van der Waals surface area contributed by atoms with E-state index >= 15 is 0 Å². The fourth-order valence-corrected chi connectivity index (χ4v) is 4.54. The highest BCUT2D eigenvalue weighted by atomic mass is 19.4. The maximum atomic E-state index is 13.0. The third kappa shape index (κ3) is 4.29. The van der Waals surface area contributed by atoms with Gasteiger partial charge in [0.15, 0.2) is 5.82 Å². The summed E-state index contributed by atoms with van der Waals surface area (Å²) in [5, 5.41) is 17.2. The molecule has 0 spiro atoms. The van der Waals surface area contributed by atoms with Crippen LogP contribution in [0.3, 0.4) is 0 Å². The number of piperidine rings is 1. The summed E-state index contributed by atoms with van der Waals surface area (Å²) in [6.45, 7) is 4.98. The predicted molar refractivity (Wildman–Crippen MR) is 101 cm³/mol. The van der Waals surface area contributed by atoms with Gasteiger partial charge in [-0.1, -0.05) is 33.1 Å². The first-order valence-electron chi connectivity index (χ1n) is 10.5. The summed E-state index contributed by atoms with van der Waals surface area (Å²) in [5.74, 6) is 0.938.